The third kappa shape index (κ3) is 2.81. The number of pyridine rings is 1. The molecule has 0 amide bonds. The fourth-order valence-electron chi connectivity index (χ4n) is 4.75. The first-order valence-electron chi connectivity index (χ1n) is 10.00. The summed E-state index contributed by atoms with van der Waals surface area (Å²) in [7, 11) is -3.98. The third-order valence-electron chi connectivity index (χ3n) is 5.98. The maximum absolute atomic E-state index is 11.4. The second-order valence-corrected chi connectivity index (χ2v) is 16.8. The van der Waals surface area contributed by atoms with E-state index < -0.39 is 16.6 Å². The summed E-state index contributed by atoms with van der Waals surface area (Å²) in [5.41, 5.74) is 3.80. The third-order valence-corrected chi connectivity index (χ3v) is 13.7. The summed E-state index contributed by atoms with van der Waals surface area (Å²) in [4.78, 5) is 16.0. The summed E-state index contributed by atoms with van der Waals surface area (Å²) < 4.78 is 6.63. The van der Waals surface area contributed by atoms with Crippen molar-refractivity contribution in [1.82, 2.24) is 4.98 Å². The van der Waals surface area contributed by atoms with E-state index in [1.807, 2.05) is 18.2 Å². The Balaban J connectivity index is 1.96. The molecule has 0 bridgehead atoms. The van der Waals surface area contributed by atoms with Crippen molar-refractivity contribution in [2.45, 2.75) is 26.2 Å². The van der Waals surface area contributed by atoms with Crippen molar-refractivity contribution in [3.05, 3.63) is 70.8 Å². The highest BCUT2D eigenvalue weighted by molar-refractivity contribution is 7.06. The number of fused-ring (bicyclic) bond motifs is 3. The number of benzene rings is 3. The second kappa shape index (κ2) is 6.31. The monoisotopic (exact) mass is 430 g/mol. The molecule has 5 nitrogen and oxygen atoms in total. The minimum absolute atomic E-state index is 0.0774. The summed E-state index contributed by atoms with van der Waals surface area (Å²) in [6.07, 6.45) is 0. The molecule has 0 atom stereocenters. The first-order valence-corrected chi connectivity index (χ1v) is 15.8. The topological polar surface area (TPSA) is 65.3 Å². The summed E-state index contributed by atoms with van der Waals surface area (Å²) in [6, 6.07) is 19.5. The Bertz CT molecular complexity index is 1350. The molecule has 0 N–H and O–H groups in total. The first kappa shape index (κ1) is 19.1. The zero-order chi connectivity index (χ0) is 21.3. The Hall–Kier alpha value is -2.88. The summed E-state index contributed by atoms with van der Waals surface area (Å²) >= 11 is 0. The van der Waals surface area contributed by atoms with Gasteiger partial charge in [-0.05, 0) is 54.3 Å². The number of aromatic nitrogens is 1. The Labute approximate surface area is 176 Å². The van der Waals surface area contributed by atoms with Gasteiger partial charge in [0, 0.05) is 28.5 Å². The van der Waals surface area contributed by atoms with Gasteiger partial charge in [0.05, 0.1) is 16.0 Å². The number of rotatable bonds is 2. The highest BCUT2D eigenvalue weighted by Gasteiger charge is 2.46. The predicted octanol–water partition coefficient (Wildman–Crippen LogP) is 4.82. The van der Waals surface area contributed by atoms with Crippen LogP contribution in [-0.2, 0) is 4.12 Å². The van der Waals surface area contributed by atoms with Crippen LogP contribution in [0.3, 0.4) is 0 Å². The van der Waals surface area contributed by atoms with Gasteiger partial charge in [-0.2, -0.15) is 0 Å². The normalized spacial score (nSPS) is 16.7. The Kier molecular flexibility index (Phi) is 4.02. The van der Waals surface area contributed by atoms with Gasteiger partial charge in [-0.15, -0.1) is 0 Å². The smallest absolute Gasteiger partial charge is 0.270 e. The molecule has 2 heterocycles. The molecule has 30 heavy (non-hydrogen) atoms. The van der Waals surface area contributed by atoms with Gasteiger partial charge in [-0.1, -0.05) is 36.4 Å². The van der Waals surface area contributed by atoms with Crippen LogP contribution in [0.2, 0.25) is 26.2 Å². The van der Waals surface area contributed by atoms with Crippen LogP contribution in [-0.4, -0.2) is 26.5 Å². The molecule has 1 aliphatic heterocycles. The van der Waals surface area contributed by atoms with E-state index >= 15 is 0 Å². The average molecular weight is 431 g/mol. The molecule has 1 aromatic heterocycles. The van der Waals surface area contributed by atoms with Crippen LogP contribution < -0.4 is 10.4 Å². The van der Waals surface area contributed by atoms with Crippen molar-refractivity contribution in [3.63, 3.8) is 0 Å². The molecular formula is C23H22N2O3Si2. The lowest BCUT2D eigenvalue weighted by molar-refractivity contribution is -0.384. The second-order valence-electron chi connectivity index (χ2n) is 8.85. The van der Waals surface area contributed by atoms with Crippen molar-refractivity contribution in [2.75, 3.05) is 0 Å². The molecule has 0 saturated carbocycles. The minimum atomic E-state index is -2.01. The van der Waals surface area contributed by atoms with Crippen LogP contribution >= 0.6 is 0 Å². The average Bonchev–Trinajstić information content (AvgIpc) is 2.88. The zero-order valence-electron chi connectivity index (χ0n) is 17.4. The molecule has 0 unspecified atom stereocenters. The van der Waals surface area contributed by atoms with Crippen molar-refractivity contribution >= 4 is 54.5 Å². The predicted molar refractivity (Wildman–Crippen MR) is 127 cm³/mol. The standard InChI is InChI=1S/C23H22N2O3Si2/c1-29(2)21-13-18-20(14-22(21)30(3,4)28-29)24-19-11-10-16(25(26)27)12-17(19)23(18)15-8-6-5-7-9-15/h5-14H,1-4H3. The van der Waals surface area contributed by atoms with Gasteiger partial charge in [0.2, 0.25) is 16.6 Å². The van der Waals surface area contributed by atoms with Crippen molar-refractivity contribution in [3.8, 4) is 11.1 Å². The number of nitro benzene ring substituents is 1. The molecule has 150 valence electrons. The summed E-state index contributed by atoms with van der Waals surface area (Å²) in [5, 5.41) is 15.9. The number of non-ortho nitro benzene ring substituents is 1. The van der Waals surface area contributed by atoms with Gasteiger partial charge < -0.3 is 4.12 Å². The largest absolute Gasteiger partial charge is 0.449 e. The number of nitrogens with zero attached hydrogens (tertiary/aromatic N) is 2. The Morgan fingerprint density at radius 1 is 0.833 bits per heavy atom. The molecule has 0 aliphatic carbocycles. The van der Waals surface area contributed by atoms with Gasteiger partial charge >= 0.3 is 0 Å². The highest BCUT2D eigenvalue weighted by Crippen LogP contribution is 2.37. The minimum Gasteiger partial charge on any atom is -0.449 e. The highest BCUT2D eigenvalue weighted by atomic mass is 28.4. The number of hydrogen-bond donors (Lipinski definition) is 0. The van der Waals surface area contributed by atoms with Gasteiger partial charge in [-0.25, -0.2) is 4.98 Å². The Morgan fingerprint density at radius 2 is 1.47 bits per heavy atom. The van der Waals surface area contributed by atoms with Crippen LogP contribution in [0.1, 0.15) is 0 Å². The van der Waals surface area contributed by atoms with Gasteiger partial charge in [0.25, 0.3) is 5.69 Å². The van der Waals surface area contributed by atoms with Gasteiger partial charge in [0.15, 0.2) is 0 Å². The zero-order valence-corrected chi connectivity index (χ0v) is 19.4. The van der Waals surface area contributed by atoms with E-state index in [-0.39, 0.29) is 10.6 Å². The number of nitro groups is 1. The van der Waals surface area contributed by atoms with Gasteiger partial charge in [0.1, 0.15) is 0 Å². The first-order chi connectivity index (χ1) is 14.2. The van der Waals surface area contributed by atoms with Crippen LogP contribution in [0.15, 0.2) is 60.7 Å². The maximum atomic E-state index is 11.4. The maximum Gasteiger partial charge on any atom is 0.270 e. The fourth-order valence-corrected chi connectivity index (χ4v) is 15.0. The molecule has 0 fully saturated rings. The molecular weight excluding hydrogens is 408 g/mol. The van der Waals surface area contributed by atoms with Gasteiger partial charge in [-0.3, -0.25) is 10.1 Å². The molecule has 3 aromatic carbocycles. The van der Waals surface area contributed by atoms with E-state index in [1.54, 1.807) is 12.1 Å². The Morgan fingerprint density at radius 3 is 2.13 bits per heavy atom. The van der Waals surface area contributed by atoms with E-state index in [0.717, 1.165) is 32.9 Å². The quantitative estimate of drug-likeness (QED) is 0.198. The van der Waals surface area contributed by atoms with E-state index in [0.29, 0.717) is 0 Å². The molecule has 5 rings (SSSR count). The van der Waals surface area contributed by atoms with Crippen LogP contribution in [0.5, 0.6) is 0 Å². The lowest BCUT2D eigenvalue weighted by Gasteiger charge is -2.22. The van der Waals surface area contributed by atoms with Crippen molar-refractivity contribution < 1.29 is 9.04 Å². The van der Waals surface area contributed by atoms with E-state index in [2.05, 4.69) is 50.5 Å². The lowest BCUT2D eigenvalue weighted by atomic mass is 9.96. The van der Waals surface area contributed by atoms with E-state index in [9.17, 15) is 10.1 Å². The lowest BCUT2D eigenvalue weighted by Crippen LogP contribution is -2.44. The summed E-state index contributed by atoms with van der Waals surface area (Å²) in [5.74, 6) is 0. The fraction of sp³-hybridized carbons (Fsp3) is 0.174. The SMILES string of the molecule is C[Si]1(C)O[Si](C)(C)c2cc3c(-c4ccccc4)c4cc([N+](=O)[O-])ccc4nc3cc21. The molecule has 7 heteroatoms. The van der Waals surface area contributed by atoms with Crippen LogP contribution in [0.4, 0.5) is 5.69 Å². The molecule has 0 spiro atoms. The van der Waals surface area contributed by atoms with Crippen LogP contribution in [0, 0.1) is 10.1 Å². The van der Waals surface area contributed by atoms with E-state index in [4.69, 9.17) is 9.10 Å². The van der Waals surface area contributed by atoms with E-state index in [1.165, 1.54) is 16.4 Å². The molecule has 4 aromatic rings. The molecule has 1 aliphatic rings. The van der Waals surface area contributed by atoms with Crippen molar-refractivity contribution in [2.24, 2.45) is 0 Å². The molecule has 0 saturated heterocycles. The van der Waals surface area contributed by atoms with Crippen LogP contribution in [0.25, 0.3) is 32.9 Å². The number of hydrogen-bond acceptors (Lipinski definition) is 4. The van der Waals surface area contributed by atoms with Crippen molar-refractivity contribution in [1.29, 1.82) is 0 Å². The summed E-state index contributed by atoms with van der Waals surface area (Å²) in [6.45, 7) is 9.01. The molecule has 0 radical (unpaired) electrons.